The van der Waals surface area contributed by atoms with Crippen molar-refractivity contribution < 1.29 is 33.3 Å². The Balaban J connectivity index is 1.92. The molecule has 0 aliphatic heterocycles. The van der Waals surface area contributed by atoms with Crippen LogP contribution >= 0.6 is 23.4 Å². The van der Waals surface area contributed by atoms with Gasteiger partial charge in [-0.3, -0.25) is 4.79 Å². The molecular weight excluding hydrogens is 648 g/mol. The average molecular weight is 691 g/mol. The molecule has 0 saturated heterocycles. The number of hydrogen-bond donors (Lipinski definition) is 4. The molecule has 46 heavy (non-hydrogen) atoms. The molecule has 2 atom stereocenters. The zero-order chi connectivity index (χ0) is 34.2. The largest absolute Gasteiger partial charge is 0.465 e. The van der Waals surface area contributed by atoms with Crippen molar-refractivity contribution in [1.82, 2.24) is 9.62 Å². The maximum absolute atomic E-state index is 12.5. The minimum Gasteiger partial charge on any atom is -0.465 e. The summed E-state index contributed by atoms with van der Waals surface area (Å²) in [7, 11) is -3.85. The van der Waals surface area contributed by atoms with Crippen molar-refractivity contribution in [2.45, 2.75) is 63.2 Å². The lowest BCUT2D eigenvalue weighted by Crippen LogP contribution is -2.40. The zero-order valence-electron chi connectivity index (χ0n) is 26.7. The molecule has 0 heterocycles. The van der Waals surface area contributed by atoms with Crippen molar-refractivity contribution >= 4 is 45.4 Å². The monoisotopic (exact) mass is 690 g/mol. The van der Waals surface area contributed by atoms with Crippen molar-refractivity contribution in [3.05, 3.63) is 88.4 Å². The average Bonchev–Trinajstić information content (AvgIpc) is 2.97. The molecule has 12 heteroatoms. The van der Waals surface area contributed by atoms with Crippen LogP contribution in [0.25, 0.3) is 11.1 Å². The van der Waals surface area contributed by atoms with E-state index in [1.807, 2.05) is 16.9 Å². The van der Waals surface area contributed by atoms with E-state index in [1.54, 1.807) is 60.3 Å². The van der Waals surface area contributed by atoms with Crippen molar-refractivity contribution in [1.29, 1.82) is 0 Å². The number of carboxylic acid groups (broad SMARTS) is 1. The highest BCUT2D eigenvalue weighted by molar-refractivity contribution is 8.00. The van der Waals surface area contributed by atoms with Gasteiger partial charge >= 0.3 is 6.09 Å². The van der Waals surface area contributed by atoms with Gasteiger partial charge in [0, 0.05) is 39.8 Å². The number of carbonyl (C=O) groups excluding carboxylic acids is 1. The molecule has 0 spiro atoms. The fourth-order valence-electron chi connectivity index (χ4n) is 5.00. The Labute approximate surface area is 281 Å². The van der Waals surface area contributed by atoms with Gasteiger partial charge < -0.3 is 20.2 Å². The third kappa shape index (κ3) is 10.7. The number of halogens is 1. The van der Waals surface area contributed by atoms with E-state index in [1.165, 1.54) is 4.90 Å². The van der Waals surface area contributed by atoms with Gasteiger partial charge in [-0.1, -0.05) is 82.6 Å². The van der Waals surface area contributed by atoms with E-state index in [9.17, 15) is 28.2 Å². The molecule has 0 bridgehead atoms. The number of aliphatic hydroxyl groups is 2. The summed E-state index contributed by atoms with van der Waals surface area (Å²) in [6.07, 6.45) is -2.15. The molecule has 0 aliphatic rings. The Morgan fingerprint density at radius 3 is 2.20 bits per heavy atom. The third-order valence-electron chi connectivity index (χ3n) is 7.40. The molecule has 3 rings (SSSR count). The number of benzene rings is 3. The Bertz CT molecular complexity index is 1610. The molecule has 0 radical (unpaired) electrons. The first-order chi connectivity index (χ1) is 21.5. The van der Waals surface area contributed by atoms with Crippen LogP contribution in [0.2, 0.25) is 5.02 Å². The summed E-state index contributed by atoms with van der Waals surface area (Å²) in [5, 5.41) is 30.7. The van der Waals surface area contributed by atoms with Gasteiger partial charge in [0.25, 0.3) is 5.91 Å². The number of rotatable bonds is 14. The molecule has 0 aromatic heterocycles. The Kier molecular flexibility index (Phi) is 13.1. The van der Waals surface area contributed by atoms with E-state index in [4.69, 9.17) is 16.7 Å². The smallest absolute Gasteiger partial charge is 0.407 e. The number of aliphatic hydroxyl groups excluding tert-OH is 2. The van der Waals surface area contributed by atoms with Crippen molar-refractivity contribution in [3.63, 3.8) is 0 Å². The molecule has 0 fully saturated rings. The van der Waals surface area contributed by atoms with E-state index in [0.717, 1.165) is 21.6 Å². The predicted molar refractivity (Wildman–Crippen MR) is 184 cm³/mol. The molecular formula is C34H43ClN2O7S2. The van der Waals surface area contributed by atoms with Crippen LogP contribution in [-0.2, 0) is 10.0 Å². The molecule has 3 aromatic carbocycles. The number of carbonyl (C=O) groups is 2. The number of amides is 2. The van der Waals surface area contributed by atoms with Gasteiger partial charge in [-0.15, -0.1) is 11.8 Å². The normalized spacial score (nSPS) is 13.3. The maximum atomic E-state index is 12.5. The summed E-state index contributed by atoms with van der Waals surface area (Å²) in [5.41, 5.74) is 3.08. The first kappa shape index (κ1) is 37.4. The minimum atomic E-state index is -3.85. The molecule has 0 aliphatic carbocycles. The minimum absolute atomic E-state index is 0.0314. The van der Waals surface area contributed by atoms with Crippen molar-refractivity contribution in [2.24, 2.45) is 5.41 Å². The first-order valence-electron chi connectivity index (χ1n) is 15.0. The highest BCUT2D eigenvalue weighted by Gasteiger charge is 2.33. The quantitative estimate of drug-likeness (QED) is 0.135. The zero-order valence-corrected chi connectivity index (χ0v) is 29.1. The standard InChI is InChI=1S/C34H43ClN2O7S2/c1-22(2)45-31-19-25(23-10-12-24(13-11-23)32(40)36-46(43,44)17-7-16-38)14-15-28(31)29(34(3,4)5)20-37(33(41)42)21-30(39)26-8-6-9-27(35)18-26/h6,8-15,18-19,22,29-30,38-39H,7,16-17,20-21H2,1-5H3,(H,36,40)(H,41,42)/t29?,30-/m0/s1. The second-order valence-electron chi connectivity index (χ2n) is 12.5. The lowest BCUT2D eigenvalue weighted by atomic mass is 9.75. The van der Waals surface area contributed by atoms with Crippen LogP contribution < -0.4 is 4.72 Å². The second kappa shape index (κ2) is 16.1. The summed E-state index contributed by atoms with van der Waals surface area (Å²) in [6, 6.07) is 19.4. The van der Waals surface area contributed by atoms with Gasteiger partial charge in [0.15, 0.2) is 0 Å². The van der Waals surface area contributed by atoms with Gasteiger partial charge in [-0.25, -0.2) is 17.9 Å². The van der Waals surface area contributed by atoms with E-state index in [-0.39, 0.29) is 54.0 Å². The lowest BCUT2D eigenvalue weighted by molar-refractivity contribution is 0.0858. The molecule has 250 valence electrons. The summed E-state index contributed by atoms with van der Waals surface area (Å²) in [4.78, 5) is 27.2. The van der Waals surface area contributed by atoms with Crippen LogP contribution in [0.3, 0.4) is 0 Å². The third-order valence-corrected chi connectivity index (χ3v) is 10.0. The lowest BCUT2D eigenvalue weighted by Gasteiger charge is -2.36. The second-order valence-corrected chi connectivity index (χ2v) is 16.4. The van der Waals surface area contributed by atoms with Crippen LogP contribution in [0.4, 0.5) is 4.79 Å². The van der Waals surface area contributed by atoms with E-state index < -0.39 is 28.1 Å². The number of sulfonamides is 1. The molecule has 0 saturated carbocycles. The Morgan fingerprint density at radius 2 is 1.63 bits per heavy atom. The molecule has 9 nitrogen and oxygen atoms in total. The Hall–Kier alpha value is -3.09. The van der Waals surface area contributed by atoms with Gasteiger partial charge in [0.1, 0.15) is 0 Å². The molecule has 4 N–H and O–H groups in total. The molecule has 2 amide bonds. The van der Waals surface area contributed by atoms with Crippen molar-refractivity contribution in [2.75, 3.05) is 25.4 Å². The van der Waals surface area contributed by atoms with Crippen LogP contribution in [0, 0.1) is 5.41 Å². The van der Waals surface area contributed by atoms with Crippen LogP contribution in [0.5, 0.6) is 0 Å². The van der Waals surface area contributed by atoms with Crippen molar-refractivity contribution in [3.8, 4) is 11.1 Å². The number of hydrogen-bond acceptors (Lipinski definition) is 7. The summed E-state index contributed by atoms with van der Waals surface area (Å²) < 4.78 is 26.2. The topological polar surface area (TPSA) is 144 Å². The van der Waals surface area contributed by atoms with Gasteiger partial charge in [-0.05, 0) is 64.4 Å². The van der Waals surface area contributed by atoms with Crippen LogP contribution in [-0.4, -0.2) is 71.3 Å². The number of thioether (sulfide) groups is 1. The fourth-order valence-corrected chi connectivity index (χ4v) is 7.25. The van der Waals surface area contributed by atoms with Crippen LogP contribution in [0.1, 0.15) is 74.5 Å². The molecule has 3 aromatic rings. The summed E-state index contributed by atoms with van der Waals surface area (Å²) >= 11 is 7.77. The molecule has 1 unspecified atom stereocenters. The predicted octanol–water partition coefficient (Wildman–Crippen LogP) is 6.79. The van der Waals surface area contributed by atoms with E-state index in [2.05, 4.69) is 40.7 Å². The first-order valence-corrected chi connectivity index (χ1v) is 17.9. The SMILES string of the molecule is CC(C)Sc1cc(-c2ccc(C(=O)NS(=O)(=O)CCCO)cc2)ccc1C(CN(C[C@H](O)c1cccc(Cl)c1)C(=O)O)C(C)(C)C. The fraction of sp³-hybridized carbons (Fsp3) is 0.412. The highest BCUT2D eigenvalue weighted by Crippen LogP contribution is 2.43. The van der Waals surface area contributed by atoms with Gasteiger partial charge in [-0.2, -0.15) is 0 Å². The highest BCUT2D eigenvalue weighted by atomic mass is 35.5. The Morgan fingerprint density at radius 1 is 0.978 bits per heavy atom. The van der Waals surface area contributed by atoms with Crippen LogP contribution in [0.15, 0.2) is 71.6 Å². The van der Waals surface area contributed by atoms with E-state index >= 15 is 0 Å². The maximum Gasteiger partial charge on any atom is 0.407 e. The number of nitrogens with one attached hydrogen (secondary N) is 1. The van der Waals surface area contributed by atoms with Gasteiger partial charge in [0.2, 0.25) is 10.0 Å². The van der Waals surface area contributed by atoms with E-state index in [0.29, 0.717) is 10.6 Å². The number of nitrogens with zero attached hydrogens (tertiary/aromatic N) is 1. The van der Waals surface area contributed by atoms with Gasteiger partial charge in [0.05, 0.1) is 18.4 Å². The summed E-state index contributed by atoms with van der Waals surface area (Å²) in [6.45, 7) is 10.1. The summed E-state index contributed by atoms with van der Waals surface area (Å²) in [5.74, 6) is -1.31.